The predicted octanol–water partition coefficient (Wildman–Crippen LogP) is 3.93. The first-order valence-corrected chi connectivity index (χ1v) is 9.92. The molecule has 2 fully saturated rings. The summed E-state index contributed by atoms with van der Waals surface area (Å²) in [4.78, 5) is 28.4. The zero-order chi connectivity index (χ0) is 17.2. The van der Waals surface area contributed by atoms with Gasteiger partial charge in [0.1, 0.15) is 0 Å². The van der Waals surface area contributed by atoms with Gasteiger partial charge in [-0.3, -0.25) is 14.5 Å². The Balaban J connectivity index is 1.72. The molecule has 130 valence electrons. The summed E-state index contributed by atoms with van der Waals surface area (Å²) in [5, 5.41) is 0.670. The maximum Gasteiger partial charge on any atom is 0.238 e. The molecule has 2 aliphatic heterocycles. The van der Waals surface area contributed by atoms with Crippen LogP contribution in [-0.4, -0.2) is 40.4 Å². The number of amides is 2. The van der Waals surface area contributed by atoms with Crippen LogP contribution in [0.2, 0.25) is 5.02 Å². The fourth-order valence-electron chi connectivity index (χ4n) is 3.48. The van der Waals surface area contributed by atoms with E-state index in [2.05, 4.69) is 6.92 Å². The van der Waals surface area contributed by atoms with Gasteiger partial charge < -0.3 is 4.90 Å². The van der Waals surface area contributed by atoms with E-state index < -0.39 is 0 Å². The van der Waals surface area contributed by atoms with E-state index >= 15 is 0 Å². The minimum absolute atomic E-state index is 0.146. The van der Waals surface area contributed by atoms with Crippen LogP contribution in [0, 0.1) is 0 Å². The zero-order valence-corrected chi connectivity index (χ0v) is 15.5. The van der Waals surface area contributed by atoms with Crippen LogP contribution in [-0.2, 0) is 9.59 Å². The number of rotatable bonds is 4. The minimum atomic E-state index is -0.216. The van der Waals surface area contributed by atoms with E-state index in [9.17, 15) is 9.59 Å². The molecule has 2 aliphatic rings. The van der Waals surface area contributed by atoms with Crippen molar-refractivity contribution in [3.63, 3.8) is 0 Å². The maximum atomic E-state index is 12.5. The van der Waals surface area contributed by atoms with Crippen molar-refractivity contribution in [3.8, 4) is 0 Å². The lowest BCUT2D eigenvalue weighted by atomic mass is 10.0. The summed E-state index contributed by atoms with van der Waals surface area (Å²) in [5.74, 6) is 0.902. The molecule has 6 heteroatoms. The Bertz CT molecular complexity index is 612. The fourth-order valence-corrected chi connectivity index (χ4v) is 4.94. The van der Waals surface area contributed by atoms with E-state index in [-0.39, 0.29) is 16.7 Å². The third-order valence-corrected chi connectivity index (χ3v) is 6.62. The molecular weight excluding hydrogens is 344 g/mol. The molecule has 2 amide bonds. The normalized spacial score (nSPS) is 20.0. The van der Waals surface area contributed by atoms with E-state index in [0.717, 1.165) is 44.5 Å². The predicted molar refractivity (Wildman–Crippen MR) is 99.5 cm³/mol. The van der Waals surface area contributed by atoms with Crippen molar-refractivity contribution < 1.29 is 9.59 Å². The number of hydrogen-bond acceptors (Lipinski definition) is 3. The van der Waals surface area contributed by atoms with Crippen LogP contribution < -0.4 is 4.90 Å². The molecule has 0 unspecified atom stereocenters. The largest absolute Gasteiger partial charge is 0.342 e. The van der Waals surface area contributed by atoms with Gasteiger partial charge in [0, 0.05) is 30.2 Å². The van der Waals surface area contributed by atoms with Crippen molar-refractivity contribution in [2.45, 2.75) is 43.9 Å². The summed E-state index contributed by atoms with van der Waals surface area (Å²) in [5.41, 5.74) is 0.903. The lowest BCUT2D eigenvalue weighted by Crippen LogP contribution is -2.53. The highest BCUT2D eigenvalue weighted by Gasteiger charge is 2.48. The molecule has 0 bridgehead atoms. The summed E-state index contributed by atoms with van der Waals surface area (Å²) in [6.45, 7) is 3.56. The zero-order valence-electron chi connectivity index (χ0n) is 14.0. The third-order valence-electron chi connectivity index (χ3n) is 4.85. The van der Waals surface area contributed by atoms with Crippen LogP contribution in [0.1, 0.15) is 39.0 Å². The summed E-state index contributed by atoms with van der Waals surface area (Å²) < 4.78 is 0. The lowest BCUT2D eigenvalue weighted by molar-refractivity contribution is -0.132. The van der Waals surface area contributed by atoms with Gasteiger partial charge in [0.05, 0.1) is 10.6 Å². The van der Waals surface area contributed by atoms with Crippen LogP contribution in [0.15, 0.2) is 24.3 Å². The molecule has 0 saturated carbocycles. The number of carbonyl (C=O) groups is 2. The monoisotopic (exact) mass is 366 g/mol. The number of anilines is 1. The van der Waals surface area contributed by atoms with Gasteiger partial charge in [0.25, 0.3) is 0 Å². The van der Waals surface area contributed by atoms with Crippen molar-refractivity contribution >= 4 is 40.9 Å². The molecule has 2 saturated heterocycles. The minimum Gasteiger partial charge on any atom is -0.342 e. The van der Waals surface area contributed by atoms with E-state index in [1.54, 1.807) is 11.8 Å². The Morgan fingerprint density at radius 1 is 1.25 bits per heavy atom. The number of thioether (sulfide) groups is 1. The summed E-state index contributed by atoms with van der Waals surface area (Å²) >= 11 is 7.69. The van der Waals surface area contributed by atoms with Crippen LogP contribution in [0.5, 0.6) is 0 Å². The van der Waals surface area contributed by atoms with E-state index in [1.165, 1.54) is 0 Å². The molecule has 2 heterocycles. The van der Waals surface area contributed by atoms with Crippen molar-refractivity contribution in [2.24, 2.45) is 0 Å². The number of benzene rings is 1. The van der Waals surface area contributed by atoms with Crippen molar-refractivity contribution in [1.82, 2.24) is 4.90 Å². The second-order valence-corrected chi connectivity index (χ2v) is 8.20. The number of likely N-dealkylation sites (tertiary alicyclic amines) is 1. The lowest BCUT2D eigenvalue weighted by Gasteiger charge is -2.44. The average Bonchev–Trinajstić information content (AvgIpc) is 2.90. The number of nitrogens with zero attached hydrogens (tertiary/aromatic N) is 2. The average molecular weight is 367 g/mol. The van der Waals surface area contributed by atoms with Gasteiger partial charge in [-0.25, -0.2) is 0 Å². The second kappa shape index (κ2) is 7.36. The van der Waals surface area contributed by atoms with E-state index in [1.807, 2.05) is 34.1 Å². The Labute approximate surface area is 152 Å². The standard InChI is InChI=1S/C18H23ClN2O2S/c1-2-3-4-16(22)20-11-9-18(10-12-20)21(17(23)13-24-18)15-7-5-14(19)6-8-15/h5-8H,2-4,9-13H2,1H3. The SMILES string of the molecule is CCCCC(=O)N1CCC2(CC1)SCC(=O)N2c1ccc(Cl)cc1. The molecular formula is C18H23ClN2O2S. The second-order valence-electron chi connectivity index (χ2n) is 6.42. The number of unbranched alkanes of at least 4 members (excludes halogenated alkanes) is 1. The molecule has 0 aromatic heterocycles. The van der Waals surface area contributed by atoms with Gasteiger partial charge >= 0.3 is 0 Å². The summed E-state index contributed by atoms with van der Waals surface area (Å²) in [7, 11) is 0. The number of hydrogen-bond donors (Lipinski definition) is 0. The molecule has 3 rings (SSSR count). The first kappa shape index (κ1) is 17.6. The fraction of sp³-hybridized carbons (Fsp3) is 0.556. The molecule has 0 atom stereocenters. The quantitative estimate of drug-likeness (QED) is 0.810. The maximum absolute atomic E-state index is 12.5. The summed E-state index contributed by atoms with van der Waals surface area (Å²) in [6, 6.07) is 7.47. The van der Waals surface area contributed by atoms with Gasteiger partial charge in [0.15, 0.2) is 0 Å². The van der Waals surface area contributed by atoms with Crippen molar-refractivity contribution in [3.05, 3.63) is 29.3 Å². The van der Waals surface area contributed by atoms with Crippen molar-refractivity contribution in [2.75, 3.05) is 23.7 Å². The summed E-state index contributed by atoms with van der Waals surface area (Å²) in [6.07, 6.45) is 4.27. The van der Waals surface area contributed by atoms with Gasteiger partial charge in [0.2, 0.25) is 11.8 Å². The first-order chi connectivity index (χ1) is 11.6. The highest BCUT2D eigenvalue weighted by molar-refractivity contribution is 8.02. The highest BCUT2D eigenvalue weighted by atomic mass is 35.5. The Hall–Kier alpha value is -1.20. The molecule has 0 aliphatic carbocycles. The van der Waals surface area contributed by atoms with Gasteiger partial charge in [-0.05, 0) is 43.5 Å². The van der Waals surface area contributed by atoms with Crippen molar-refractivity contribution in [1.29, 1.82) is 0 Å². The Morgan fingerprint density at radius 2 is 1.92 bits per heavy atom. The topological polar surface area (TPSA) is 40.6 Å². The third kappa shape index (κ3) is 3.42. The number of halogens is 1. The molecule has 1 aromatic carbocycles. The first-order valence-electron chi connectivity index (χ1n) is 8.56. The number of piperidine rings is 1. The van der Waals surface area contributed by atoms with Gasteiger partial charge in [-0.1, -0.05) is 24.9 Å². The van der Waals surface area contributed by atoms with Gasteiger partial charge in [-0.15, -0.1) is 11.8 Å². The van der Waals surface area contributed by atoms with Gasteiger partial charge in [-0.2, -0.15) is 0 Å². The molecule has 24 heavy (non-hydrogen) atoms. The van der Waals surface area contributed by atoms with Crippen LogP contribution in [0.3, 0.4) is 0 Å². The Morgan fingerprint density at radius 3 is 2.54 bits per heavy atom. The van der Waals surface area contributed by atoms with Crippen LogP contribution in [0.4, 0.5) is 5.69 Å². The van der Waals surface area contributed by atoms with Crippen LogP contribution in [0.25, 0.3) is 0 Å². The molecule has 1 spiro atoms. The smallest absolute Gasteiger partial charge is 0.238 e. The van der Waals surface area contributed by atoms with Crippen LogP contribution >= 0.6 is 23.4 Å². The Kier molecular flexibility index (Phi) is 5.40. The molecule has 0 N–H and O–H groups in total. The molecule has 4 nitrogen and oxygen atoms in total. The molecule has 1 aromatic rings. The van der Waals surface area contributed by atoms with E-state index in [0.29, 0.717) is 17.2 Å². The van der Waals surface area contributed by atoms with E-state index in [4.69, 9.17) is 11.6 Å². The highest BCUT2D eigenvalue weighted by Crippen LogP contribution is 2.46. The number of carbonyl (C=O) groups excluding carboxylic acids is 2. The molecule has 0 radical (unpaired) electrons.